The highest BCUT2D eigenvalue weighted by Gasteiger charge is 2.28. The molecule has 1 atom stereocenters. The Morgan fingerprint density at radius 1 is 1.56 bits per heavy atom. The van der Waals surface area contributed by atoms with E-state index in [1.165, 1.54) is 7.11 Å². The first-order valence-corrected chi connectivity index (χ1v) is 5.69. The van der Waals surface area contributed by atoms with Gasteiger partial charge in [-0.1, -0.05) is 6.92 Å². The van der Waals surface area contributed by atoms with Gasteiger partial charge in [0.1, 0.15) is 6.10 Å². The molecule has 0 saturated carbocycles. The number of rotatable bonds is 5. The average molecular weight is 230 g/mol. The molecule has 1 aliphatic rings. The number of methoxy groups -OCH3 is 1. The van der Waals surface area contributed by atoms with Crippen molar-refractivity contribution in [3.05, 3.63) is 0 Å². The van der Waals surface area contributed by atoms with Crippen molar-refractivity contribution >= 4 is 5.91 Å². The number of ether oxygens (including phenoxy) is 2. The summed E-state index contributed by atoms with van der Waals surface area (Å²) >= 11 is 0. The summed E-state index contributed by atoms with van der Waals surface area (Å²) in [5.41, 5.74) is 5.56. The maximum atomic E-state index is 11.6. The zero-order chi connectivity index (χ0) is 12.0. The fraction of sp³-hybridized carbons (Fsp3) is 0.909. The minimum Gasteiger partial charge on any atom is -0.381 e. The molecule has 0 aromatic carbocycles. The molecule has 1 saturated heterocycles. The van der Waals surface area contributed by atoms with Gasteiger partial charge in [0.2, 0.25) is 5.91 Å². The molecule has 0 radical (unpaired) electrons. The van der Waals surface area contributed by atoms with Crippen molar-refractivity contribution in [3.63, 3.8) is 0 Å². The van der Waals surface area contributed by atoms with Gasteiger partial charge in [0.25, 0.3) is 0 Å². The Morgan fingerprint density at radius 2 is 2.19 bits per heavy atom. The van der Waals surface area contributed by atoms with Crippen LogP contribution in [-0.4, -0.2) is 45.4 Å². The number of carbonyl (C=O) groups excluding carboxylic acids is 1. The summed E-state index contributed by atoms with van der Waals surface area (Å²) < 4.78 is 10.3. The summed E-state index contributed by atoms with van der Waals surface area (Å²) in [4.78, 5) is 11.6. The van der Waals surface area contributed by atoms with E-state index in [-0.39, 0.29) is 17.9 Å². The van der Waals surface area contributed by atoms with E-state index in [9.17, 15) is 4.79 Å². The lowest BCUT2D eigenvalue weighted by atomic mass is 9.82. The van der Waals surface area contributed by atoms with Crippen LogP contribution in [0.2, 0.25) is 0 Å². The minimum absolute atomic E-state index is 0.127. The Balaban J connectivity index is 2.35. The molecule has 0 bridgehead atoms. The largest absolute Gasteiger partial charge is 0.381 e. The Bertz CT molecular complexity index is 223. The minimum atomic E-state index is -0.538. The van der Waals surface area contributed by atoms with Crippen LogP contribution < -0.4 is 11.1 Å². The molecule has 0 aromatic heterocycles. The van der Waals surface area contributed by atoms with E-state index in [1.807, 2.05) is 0 Å². The lowest BCUT2D eigenvalue weighted by Crippen LogP contribution is -2.45. The zero-order valence-corrected chi connectivity index (χ0v) is 10.1. The number of nitrogens with one attached hydrogen (secondary N) is 1. The number of amides is 1. The lowest BCUT2D eigenvalue weighted by molar-refractivity contribution is -0.131. The first kappa shape index (κ1) is 13.4. The molecule has 0 aliphatic carbocycles. The van der Waals surface area contributed by atoms with Gasteiger partial charge in [-0.3, -0.25) is 4.79 Å². The highest BCUT2D eigenvalue weighted by molar-refractivity contribution is 5.81. The van der Waals surface area contributed by atoms with Crippen molar-refractivity contribution in [2.45, 2.75) is 25.9 Å². The summed E-state index contributed by atoms with van der Waals surface area (Å²) in [6, 6.07) is 0. The summed E-state index contributed by atoms with van der Waals surface area (Å²) in [6.45, 7) is 4.59. The molecule has 1 amide bonds. The van der Waals surface area contributed by atoms with Crippen molar-refractivity contribution in [1.82, 2.24) is 5.32 Å². The second-order valence-electron chi connectivity index (χ2n) is 4.60. The van der Waals surface area contributed by atoms with E-state index >= 15 is 0 Å². The molecule has 5 heteroatoms. The van der Waals surface area contributed by atoms with E-state index in [0.29, 0.717) is 6.54 Å². The van der Waals surface area contributed by atoms with Gasteiger partial charge >= 0.3 is 0 Å². The number of nitrogens with two attached hydrogens (primary N) is 1. The van der Waals surface area contributed by atoms with Crippen LogP contribution in [0.15, 0.2) is 0 Å². The topological polar surface area (TPSA) is 73.6 Å². The standard InChI is InChI=1S/C11H22N2O3/c1-11(3-5-16-6-4-11)8-13-10(14)9(7-12)15-2/h9H,3-8,12H2,1-2H3,(H,13,14). The SMILES string of the molecule is COC(CN)C(=O)NCC1(C)CCOCC1. The van der Waals surface area contributed by atoms with Gasteiger partial charge in [-0.15, -0.1) is 0 Å². The molecule has 1 unspecified atom stereocenters. The van der Waals surface area contributed by atoms with Gasteiger partial charge in [0.15, 0.2) is 0 Å². The molecule has 3 N–H and O–H groups in total. The van der Waals surface area contributed by atoms with Crippen LogP contribution in [0.4, 0.5) is 0 Å². The summed E-state index contributed by atoms with van der Waals surface area (Å²) in [7, 11) is 1.49. The molecule has 1 fully saturated rings. The Morgan fingerprint density at radius 3 is 2.69 bits per heavy atom. The molecule has 0 spiro atoms. The molecule has 5 nitrogen and oxygen atoms in total. The predicted molar refractivity (Wildman–Crippen MR) is 61.0 cm³/mol. The molecule has 16 heavy (non-hydrogen) atoms. The van der Waals surface area contributed by atoms with Crippen molar-refractivity contribution in [1.29, 1.82) is 0 Å². The Kier molecular flexibility index (Phi) is 5.18. The number of hydrogen-bond acceptors (Lipinski definition) is 4. The second kappa shape index (κ2) is 6.18. The van der Waals surface area contributed by atoms with Crippen molar-refractivity contribution in [3.8, 4) is 0 Å². The Hall–Kier alpha value is -0.650. The summed E-state index contributed by atoms with van der Waals surface area (Å²) in [5, 5.41) is 2.90. The summed E-state index contributed by atoms with van der Waals surface area (Å²) in [6.07, 6.45) is 1.42. The highest BCUT2D eigenvalue weighted by Crippen LogP contribution is 2.28. The molecule has 1 aliphatic heterocycles. The molecule has 1 heterocycles. The quantitative estimate of drug-likeness (QED) is 0.691. The predicted octanol–water partition coefficient (Wildman–Crippen LogP) is -0.107. The van der Waals surface area contributed by atoms with E-state index < -0.39 is 6.10 Å². The van der Waals surface area contributed by atoms with E-state index in [2.05, 4.69) is 12.2 Å². The van der Waals surface area contributed by atoms with Crippen LogP contribution in [-0.2, 0) is 14.3 Å². The first-order valence-electron chi connectivity index (χ1n) is 5.69. The number of carbonyl (C=O) groups is 1. The van der Waals surface area contributed by atoms with Crippen LogP contribution in [0.25, 0.3) is 0 Å². The third kappa shape index (κ3) is 3.73. The van der Waals surface area contributed by atoms with Gasteiger partial charge in [0.05, 0.1) is 0 Å². The average Bonchev–Trinajstić information content (AvgIpc) is 2.29. The van der Waals surface area contributed by atoms with E-state index in [4.69, 9.17) is 15.2 Å². The fourth-order valence-corrected chi connectivity index (χ4v) is 1.77. The fourth-order valence-electron chi connectivity index (χ4n) is 1.77. The molecule has 94 valence electrons. The smallest absolute Gasteiger partial charge is 0.250 e. The van der Waals surface area contributed by atoms with Gasteiger partial charge in [0, 0.05) is 33.4 Å². The van der Waals surface area contributed by atoms with E-state index in [1.54, 1.807) is 0 Å². The van der Waals surface area contributed by atoms with Gasteiger partial charge in [-0.05, 0) is 18.3 Å². The normalized spacial score (nSPS) is 21.4. The summed E-state index contributed by atoms with van der Waals surface area (Å²) in [5.74, 6) is -0.127. The van der Waals surface area contributed by atoms with Crippen LogP contribution in [0.3, 0.4) is 0 Å². The van der Waals surface area contributed by atoms with Gasteiger partial charge in [-0.2, -0.15) is 0 Å². The molecule has 1 rings (SSSR count). The van der Waals surface area contributed by atoms with Crippen LogP contribution in [0, 0.1) is 5.41 Å². The van der Waals surface area contributed by atoms with E-state index in [0.717, 1.165) is 26.1 Å². The van der Waals surface area contributed by atoms with Crippen molar-refractivity contribution < 1.29 is 14.3 Å². The Labute approximate surface area is 96.7 Å². The first-order chi connectivity index (χ1) is 7.61. The van der Waals surface area contributed by atoms with Crippen LogP contribution in [0.5, 0.6) is 0 Å². The third-order valence-electron chi connectivity index (χ3n) is 3.18. The maximum Gasteiger partial charge on any atom is 0.250 e. The highest BCUT2D eigenvalue weighted by atomic mass is 16.5. The van der Waals surface area contributed by atoms with Crippen molar-refractivity contribution in [2.75, 3.05) is 33.4 Å². The van der Waals surface area contributed by atoms with Crippen molar-refractivity contribution in [2.24, 2.45) is 11.1 Å². The lowest BCUT2D eigenvalue weighted by Gasteiger charge is -2.33. The van der Waals surface area contributed by atoms with Gasteiger partial charge in [-0.25, -0.2) is 0 Å². The molecule has 0 aromatic rings. The van der Waals surface area contributed by atoms with Gasteiger partial charge < -0.3 is 20.5 Å². The monoisotopic (exact) mass is 230 g/mol. The van der Waals surface area contributed by atoms with Crippen LogP contribution >= 0.6 is 0 Å². The zero-order valence-electron chi connectivity index (χ0n) is 10.1. The number of hydrogen-bond donors (Lipinski definition) is 2. The molecular formula is C11H22N2O3. The van der Waals surface area contributed by atoms with Crippen LogP contribution in [0.1, 0.15) is 19.8 Å². The third-order valence-corrected chi connectivity index (χ3v) is 3.18. The molecular weight excluding hydrogens is 208 g/mol. The second-order valence-corrected chi connectivity index (χ2v) is 4.60. The maximum absolute atomic E-state index is 11.6.